The first-order valence-corrected chi connectivity index (χ1v) is 6.68. The van der Waals surface area contributed by atoms with Crippen LogP contribution in [0.15, 0.2) is 18.2 Å². The van der Waals surface area contributed by atoms with Crippen LogP contribution >= 0.6 is 0 Å². The summed E-state index contributed by atoms with van der Waals surface area (Å²) in [6, 6.07) is 6.50. The Balaban J connectivity index is 2.09. The van der Waals surface area contributed by atoms with Crippen LogP contribution in [0.5, 0.6) is 0 Å². The van der Waals surface area contributed by atoms with E-state index in [1.807, 2.05) is 18.0 Å². The molecule has 1 aliphatic rings. The van der Waals surface area contributed by atoms with Crippen molar-refractivity contribution in [3.8, 4) is 6.07 Å². The maximum atomic E-state index is 13.7. The highest BCUT2D eigenvalue weighted by Gasteiger charge is 2.26. The van der Waals surface area contributed by atoms with Crippen LogP contribution in [0, 0.1) is 17.1 Å². The number of hydrogen-bond acceptors (Lipinski definition) is 3. The van der Waals surface area contributed by atoms with Gasteiger partial charge in [0.2, 0.25) is 0 Å². The summed E-state index contributed by atoms with van der Waals surface area (Å²) in [5.74, 6) is -0.295. The van der Waals surface area contributed by atoms with E-state index in [-0.39, 0.29) is 18.0 Å². The monoisotopic (exact) mass is 262 g/mol. The molecule has 2 rings (SSSR count). The van der Waals surface area contributed by atoms with Crippen LogP contribution in [-0.2, 0) is 6.54 Å². The zero-order valence-corrected chi connectivity index (χ0v) is 11.1. The lowest BCUT2D eigenvalue weighted by Crippen LogP contribution is -2.43. The molecule has 1 N–H and O–H groups in total. The van der Waals surface area contributed by atoms with E-state index in [2.05, 4.69) is 0 Å². The Morgan fingerprint density at radius 3 is 2.84 bits per heavy atom. The van der Waals surface area contributed by atoms with Crippen molar-refractivity contribution >= 4 is 0 Å². The molecule has 0 bridgehead atoms. The number of nitriles is 1. The van der Waals surface area contributed by atoms with Crippen molar-refractivity contribution in [2.45, 2.75) is 44.4 Å². The maximum Gasteiger partial charge on any atom is 0.127 e. The van der Waals surface area contributed by atoms with Gasteiger partial charge in [-0.25, -0.2) is 4.39 Å². The molecule has 0 spiro atoms. The van der Waals surface area contributed by atoms with E-state index in [9.17, 15) is 9.50 Å². The second-order valence-electron chi connectivity index (χ2n) is 5.25. The van der Waals surface area contributed by atoms with Crippen molar-refractivity contribution < 1.29 is 9.50 Å². The van der Waals surface area contributed by atoms with Gasteiger partial charge in [-0.05, 0) is 38.1 Å². The molecule has 0 aliphatic heterocycles. The molecule has 0 aromatic heterocycles. The summed E-state index contributed by atoms with van der Waals surface area (Å²) in [7, 11) is 1.90. The Morgan fingerprint density at radius 1 is 1.42 bits per heavy atom. The minimum atomic E-state index is -0.332. The van der Waals surface area contributed by atoms with Crippen LogP contribution in [0.1, 0.15) is 36.8 Å². The van der Waals surface area contributed by atoms with E-state index in [0.717, 1.165) is 25.7 Å². The highest BCUT2D eigenvalue weighted by atomic mass is 19.1. The summed E-state index contributed by atoms with van der Waals surface area (Å²) in [6.07, 6.45) is 3.59. The van der Waals surface area contributed by atoms with Gasteiger partial charge in [0.15, 0.2) is 0 Å². The van der Waals surface area contributed by atoms with Crippen molar-refractivity contribution in [1.29, 1.82) is 5.26 Å². The summed E-state index contributed by atoms with van der Waals surface area (Å²) in [6.45, 7) is 0.420. The van der Waals surface area contributed by atoms with Crippen molar-refractivity contribution in [1.82, 2.24) is 4.90 Å². The Hall–Kier alpha value is -1.44. The first-order valence-electron chi connectivity index (χ1n) is 6.68. The van der Waals surface area contributed by atoms with Crippen LogP contribution in [0.2, 0.25) is 0 Å². The number of rotatable bonds is 3. The third kappa shape index (κ3) is 3.31. The maximum absolute atomic E-state index is 13.7. The first kappa shape index (κ1) is 14.0. The predicted octanol–water partition coefficient (Wildman–Crippen LogP) is 2.43. The van der Waals surface area contributed by atoms with Gasteiger partial charge in [-0.15, -0.1) is 0 Å². The van der Waals surface area contributed by atoms with E-state index in [0.29, 0.717) is 17.7 Å². The van der Waals surface area contributed by atoms with Gasteiger partial charge < -0.3 is 5.11 Å². The lowest BCUT2D eigenvalue weighted by Gasteiger charge is -2.35. The van der Waals surface area contributed by atoms with Crippen LogP contribution in [0.4, 0.5) is 4.39 Å². The summed E-state index contributed by atoms with van der Waals surface area (Å²) < 4.78 is 13.7. The van der Waals surface area contributed by atoms with Gasteiger partial charge in [0.05, 0.1) is 17.7 Å². The van der Waals surface area contributed by atoms with Gasteiger partial charge in [0.1, 0.15) is 5.82 Å². The fourth-order valence-electron chi connectivity index (χ4n) is 2.76. The Kier molecular flexibility index (Phi) is 4.52. The number of likely N-dealkylation sites (N-methyl/N-ethyl adjacent to an activating group) is 1. The molecule has 19 heavy (non-hydrogen) atoms. The van der Waals surface area contributed by atoms with E-state index < -0.39 is 0 Å². The number of benzene rings is 1. The van der Waals surface area contributed by atoms with Crippen LogP contribution < -0.4 is 0 Å². The predicted molar refractivity (Wildman–Crippen MR) is 70.8 cm³/mol. The van der Waals surface area contributed by atoms with E-state index in [1.165, 1.54) is 12.1 Å². The summed E-state index contributed by atoms with van der Waals surface area (Å²) in [5, 5.41) is 18.9. The summed E-state index contributed by atoms with van der Waals surface area (Å²) >= 11 is 0. The van der Waals surface area contributed by atoms with Crippen molar-refractivity contribution in [3.63, 3.8) is 0 Å². The van der Waals surface area contributed by atoms with Crippen molar-refractivity contribution in [3.05, 3.63) is 35.1 Å². The molecular weight excluding hydrogens is 243 g/mol. The van der Waals surface area contributed by atoms with Crippen LogP contribution in [0.3, 0.4) is 0 Å². The van der Waals surface area contributed by atoms with Crippen molar-refractivity contribution in [2.75, 3.05) is 7.05 Å². The number of nitrogens with zero attached hydrogens (tertiary/aromatic N) is 2. The molecule has 1 aromatic carbocycles. The second kappa shape index (κ2) is 6.14. The van der Waals surface area contributed by atoms with Gasteiger partial charge >= 0.3 is 0 Å². The molecule has 1 saturated carbocycles. The van der Waals surface area contributed by atoms with Gasteiger partial charge in [-0.2, -0.15) is 5.26 Å². The number of hydrogen-bond donors (Lipinski definition) is 1. The van der Waals surface area contributed by atoms with Crippen molar-refractivity contribution in [2.24, 2.45) is 0 Å². The number of aliphatic hydroxyl groups is 1. The normalized spacial score (nSPS) is 23.3. The quantitative estimate of drug-likeness (QED) is 0.910. The fourth-order valence-corrected chi connectivity index (χ4v) is 2.76. The topological polar surface area (TPSA) is 47.3 Å². The van der Waals surface area contributed by atoms with Crippen LogP contribution in [0.25, 0.3) is 0 Å². The van der Waals surface area contributed by atoms with Gasteiger partial charge in [-0.3, -0.25) is 4.90 Å². The molecule has 2 unspecified atom stereocenters. The second-order valence-corrected chi connectivity index (χ2v) is 5.25. The molecule has 102 valence electrons. The molecule has 3 nitrogen and oxygen atoms in total. The van der Waals surface area contributed by atoms with E-state index >= 15 is 0 Å². The molecule has 1 fully saturated rings. The largest absolute Gasteiger partial charge is 0.391 e. The number of aliphatic hydroxyl groups excluding tert-OH is 1. The summed E-state index contributed by atoms with van der Waals surface area (Å²) in [4.78, 5) is 1.99. The minimum Gasteiger partial charge on any atom is -0.391 e. The molecule has 0 amide bonds. The molecular formula is C15H19FN2O. The molecule has 1 aliphatic carbocycles. The van der Waals surface area contributed by atoms with Gasteiger partial charge in [0.25, 0.3) is 0 Å². The standard InChI is InChI=1S/C15H19FN2O/c1-18(14-4-2-3-5-15(14)19)10-12-8-11(9-17)6-7-13(12)16/h6-8,14-15,19H,2-5,10H2,1H3. The smallest absolute Gasteiger partial charge is 0.127 e. The zero-order chi connectivity index (χ0) is 13.8. The number of halogens is 1. The summed E-state index contributed by atoms with van der Waals surface area (Å²) in [5.41, 5.74) is 0.980. The highest BCUT2D eigenvalue weighted by molar-refractivity contribution is 5.33. The molecule has 4 heteroatoms. The lowest BCUT2D eigenvalue weighted by atomic mass is 9.91. The Labute approximate surface area is 113 Å². The van der Waals surface area contributed by atoms with E-state index in [1.54, 1.807) is 6.07 Å². The van der Waals surface area contributed by atoms with Crippen LogP contribution in [-0.4, -0.2) is 29.2 Å². The highest BCUT2D eigenvalue weighted by Crippen LogP contribution is 2.24. The molecule has 0 saturated heterocycles. The third-order valence-corrected chi connectivity index (χ3v) is 3.85. The lowest BCUT2D eigenvalue weighted by molar-refractivity contribution is 0.0284. The molecule has 2 atom stereocenters. The zero-order valence-electron chi connectivity index (χ0n) is 11.1. The SMILES string of the molecule is CN(Cc1cc(C#N)ccc1F)C1CCCCC1O. The fraction of sp³-hybridized carbons (Fsp3) is 0.533. The molecule has 1 aromatic rings. The Bertz CT molecular complexity index is 484. The van der Waals surface area contributed by atoms with E-state index in [4.69, 9.17) is 5.26 Å². The van der Waals surface area contributed by atoms with Gasteiger partial charge in [0, 0.05) is 18.2 Å². The van der Waals surface area contributed by atoms with Gasteiger partial charge in [-0.1, -0.05) is 12.8 Å². The average Bonchev–Trinajstić information content (AvgIpc) is 2.41. The minimum absolute atomic E-state index is 0.0823. The molecule has 0 radical (unpaired) electrons. The third-order valence-electron chi connectivity index (χ3n) is 3.85. The molecule has 0 heterocycles. The Morgan fingerprint density at radius 2 is 2.16 bits per heavy atom. The first-order chi connectivity index (χ1) is 9.11. The average molecular weight is 262 g/mol.